The first-order valence-corrected chi connectivity index (χ1v) is 6.46. The monoisotopic (exact) mass is 260 g/mol. The third-order valence-electron chi connectivity index (χ3n) is 2.94. The normalized spacial score (nSPS) is 10.7. The molecule has 1 aromatic carbocycles. The van der Waals surface area contributed by atoms with Crippen LogP contribution >= 0.6 is 0 Å². The molecular formula is C14H20N4O. The first kappa shape index (κ1) is 13.5. The van der Waals surface area contributed by atoms with E-state index in [-0.39, 0.29) is 0 Å². The predicted octanol–water partition coefficient (Wildman–Crippen LogP) is 1.81. The van der Waals surface area contributed by atoms with E-state index >= 15 is 0 Å². The second-order valence-corrected chi connectivity index (χ2v) is 4.48. The maximum atomic E-state index is 5.85. The van der Waals surface area contributed by atoms with Crippen molar-refractivity contribution in [2.75, 3.05) is 6.54 Å². The van der Waals surface area contributed by atoms with Crippen LogP contribution in [0.5, 0.6) is 5.75 Å². The van der Waals surface area contributed by atoms with Crippen molar-refractivity contribution in [2.24, 2.45) is 7.05 Å². The van der Waals surface area contributed by atoms with Crippen LogP contribution < -0.4 is 10.1 Å². The lowest BCUT2D eigenvalue weighted by Gasteiger charge is -2.12. The first-order valence-electron chi connectivity index (χ1n) is 6.46. The highest BCUT2D eigenvalue weighted by Crippen LogP contribution is 2.20. The summed E-state index contributed by atoms with van der Waals surface area (Å²) in [6.07, 6.45) is 1.54. The fourth-order valence-corrected chi connectivity index (χ4v) is 1.84. The molecule has 5 nitrogen and oxygen atoms in total. The van der Waals surface area contributed by atoms with Gasteiger partial charge in [-0.3, -0.25) is 4.68 Å². The number of benzene rings is 1. The molecule has 0 saturated carbocycles. The van der Waals surface area contributed by atoms with Crippen LogP contribution in [0.15, 0.2) is 24.5 Å². The molecule has 102 valence electrons. The highest BCUT2D eigenvalue weighted by Gasteiger charge is 2.06. The molecule has 0 spiro atoms. The summed E-state index contributed by atoms with van der Waals surface area (Å²) in [7, 11) is 1.86. The highest BCUT2D eigenvalue weighted by molar-refractivity contribution is 5.36. The molecule has 1 heterocycles. The van der Waals surface area contributed by atoms with Gasteiger partial charge in [0.2, 0.25) is 0 Å². The Morgan fingerprint density at radius 2 is 2.21 bits per heavy atom. The van der Waals surface area contributed by atoms with Gasteiger partial charge in [-0.1, -0.05) is 24.6 Å². The van der Waals surface area contributed by atoms with Crippen molar-refractivity contribution in [1.82, 2.24) is 20.1 Å². The molecule has 19 heavy (non-hydrogen) atoms. The average molecular weight is 260 g/mol. The lowest BCUT2D eigenvalue weighted by Crippen LogP contribution is -2.13. The van der Waals surface area contributed by atoms with Gasteiger partial charge in [-0.15, -0.1) is 0 Å². The Bertz CT molecular complexity index is 536. The summed E-state index contributed by atoms with van der Waals surface area (Å²) >= 11 is 0. The number of nitrogens with one attached hydrogen (secondary N) is 1. The second kappa shape index (κ2) is 6.33. The fourth-order valence-electron chi connectivity index (χ4n) is 1.84. The molecule has 0 amide bonds. The molecule has 2 aromatic rings. The first-order chi connectivity index (χ1) is 9.20. The predicted molar refractivity (Wildman–Crippen MR) is 73.9 cm³/mol. The molecule has 0 unspecified atom stereocenters. The minimum atomic E-state index is 0.429. The number of aryl methyl sites for hydroxylation is 2. The minimum absolute atomic E-state index is 0.429. The van der Waals surface area contributed by atoms with Crippen LogP contribution in [0.25, 0.3) is 0 Å². The summed E-state index contributed by atoms with van der Waals surface area (Å²) in [4.78, 5) is 4.15. The maximum absolute atomic E-state index is 5.85. The van der Waals surface area contributed by atoms with E-state index in [4.69, 9.17) is 4.74 Å². The molecule has 0 aliphatic heterocycles. The summed E-state index contributed by atoms with van der Waals surface area (Å²) in [5, 5.41) is 7.35. The number of aromatic nitrogens is 3. The third kappa shape index (κ3) is 3.54. The average Bonchev–Trinajstić information content (AvgIpc) is 2.81. The van der Waals surface area contributed by atoms with E-state index in [0.29, 0.717) is 6.61 Å². The molecule has 2 rings (SSSR count). The van der Waals surface area contributed by atoms with Gasteiger partial charge in [-0.25, -0.2) is 4.98 Å². The number of hydrogen-bond acceptors (Lipinski definition) is 4. The Morgan fingerprint density at radius 3 is 2.89 bits per heavy atom. The van der Waals surface area contributed by atoms with Crippen molar-refractivity contribution in [3.63, 3.8) is 0 Å². The van der Waals surface area contributed by atoms with Crippen LogP contribution in [0.1, 0.15) is 23.9 Å². The quantitative estimate of drug-likeness (QED) is 0.860. The van der Waals surface area contributed by atoms with Gasteiger partial charge in [0, 0.05) is 19.2 Å². The van der Waals surface area contributed by atoms with Crippen LogP contribution in [0.2, 0.25) is 0 Å². The van der Waals surface area contributed by atoms with E-state index in [2.05, 4.69) is 41.4 Å². The Balaban J connectivity index is 2.08. The third-order valence-corrected chi connectivity index (χ3v) is 2.94. The van der Waals surface area contributed by atoms with E-state index < -0.39 is 0 Å². The molecule has 0 aliphatic carbocycles. The summed E-state index contributed by atoms with van der Waals surface area (Å²) in [5.74, 6) is 1.71. The molecule has 5 heteroatoms. The smallest absolute Gasteiger partial charge is 0.164 e. The van der Waals surface area contributed by atoms with Gasteiger partial charge in [0.25, 0.3) is 0 Å². The summed E-state index contributed by atoms with van der Waals surface area (Å²) in [5.41, 5.74) is 2.41. The Labute approximate surface area is 113 Å². The molecular weight excluding hydrogens is 240 g/mol. The fraction of sp³-hybridized carbons (Fsp3) is 0.429. The molecule has 0 fully saturated rings. The van der Waals surface area contributed by atoms with Gasteiger partial charge in [-0.2, -0.15) is 5.10 Å². The zero-order valence-electron chi connectivity index (χ0n) is 11.7. The van der Waals surface area contributed by atoms with Gasteiger partial charge in [0.15, 0.2) is 5.82 Å². The molecule has 1 N–H and O–H groups in total. The number of nitrogens with zero attached hydrogens (tertiary/aromatic N) is 3. The molecule has 0 aliphatic rings. The molecule has 1 aromatic heterocycles. The number of hydrogen-bond donors (Lipinski definition) is 1. The highest BCUT2D eigenvalue weighted by atomic mass is 16.5. The van der Waals surface area contributed by atoms with Crippen LogP contribution in [0, 0.1) is 6.92 Å². The minimum Gasteiger partial charge on any atom is -0.485 e. The van der Waals surface area contributed by atoms with Crippen LogP contribution in [0.3, 0.4) is 0 Å². The standard InChI is InChI=1S/C14H20N4O/c1-4-15-8-12-7-11(2)5-6-13(12)19-9-14-16-10-17-18(14)3/h5-7,10,15H,4,8-9H2,1-3H3. The zero-order valence-corrected chi connectivity index (χ0v) is 11.7. The van der Waals surface area contributed by atoms with Gasteiger partial charge in [-0.05, 0) is 19.5 Å². The van der Waals surface area contributed by atoms with Crippen molar-refractivity contribution in [3.8, 4) is 5.75 Å². The van der Waals surface area contributed by atoms with Gasteiger partial charge in [0.1, 0.15) is 18.7 Å². The van der Waals surface area contributed by atoms with Crippen molar-refractivity contribution < 1.29 is 4.74 Å². The van der Waals surface area contributed by atoms with E-state index in [1.807, 2.05) is 13.1 Å². The van der Waals surface area contributed by atoms with Crippen molar-refractivity contribution in [1.29, 1.82) is 0 Å². The number of rotatable bonds is 6. The van der Waals surface area contributed by atoms with Gasteiger partial charge < -0.3 is 10.1 Å². The second-order valence-electron chi connectivity index (χ2n) is 4.48. The molecule has 0 bridgehead atoms. The van der Waals surface area contributed by atoms with Crippen molar-refractivity contribution >= 4 is 0 Å². The lowest BCUT2D eigenvalue weighted by molar-refractivity contribution is 0.286. The number of ether oxygens (including phenoxy) is 1. The Morgan fingerprint density at radius 1 is 1.37 bits per heavy atom. The van der Waals surface area contributed by atoms with Gasteiger partial charge in [0.05, 0.1) is 0 Å². The largest absolute Gasteiger partial charge is 0.485 e. The van der Waals surface area contributed by atoms with E-state index in [1.165, 1.54) is 17.5 Å². The van der Waals surface area contributed by atoms with Crippen molar-refractivity contribution in [3.05, 3.63) is 41.5 Å². The van der Waals surface area contributed by atoms with Crippen LogP contribution in [-0.4, -0.2) is 21.3 Å². The summed E-state index contributed by atoms with van der Waals surface area (Å²) in [6.45, 7) is 6.36. The maximum Gasteiger partial charge on any atom is 0.164 e. The van der Waals surface area contributed by atoms with E-state index in [0.717, 1.165) is 24.7 Å². The topological polar surface area (TPSA) is 52.0 Å². The Kier molecular flexibility index (Phi) is 4.52. The molecule has 0 saturated heterocycles. The molecule has 0 atom stereocenters. The van der Waals surface area contributed by atoms with E-state index in [1.54, 1.807) is 4.68 Å². The molecule has 0 radical (unpaired) electrons. The van der Waals surface area contributed by atoms with Crippen LogP contribution in [0.4, 0.5) is 0 Å². The zero-order chi connectivity index (χ0) is 13.7. The van der Waals surface area contributed by atoms with Crippen LogP contribution in [-0.2, 0) is 20.2 Å². The summed E-state index contributed by atoms with van der Waals surface area (Å²) < 4.78 is 7.57. The Hall–Kier alpha value is -1.88. The van der Waals surface area contributed by atoms with Crippen molar-refractivity contribution in [2.45, 2.75) is 27.0 Å². The van der Waals surface area contributed by atoms with Gasteiger partial charge >= 0.3 is 0 Å². The van der Waals surface area contributed by atoms with E-state index in [9.17, 15) is 0 Å². The SMILES string of the molecule is CCNCc1cc(C)ccc1OCc1ncnn1C. The lowest BCUT2D eigenvalue weighted by atomic mass is 10.1. The summed E-state index contributed by atoms with van der Waals surface area (Å²) in [6, 6.07) is 6.22.